The molecule has 0 amide bonds. The van der Waals surface area contributed by atoms with Crippen molar-refractivity contribution in [3.05, 3.63) is 40.6 Å². The topological polar surface area (TPSA) is 64.8 Å². The van der Waals surface area contributed by atoms with Crippen molar-refractivity contribution < 1.29 is 0 Å². The van der Waals surface area contributed by atoms with Crippen molar-refractivity contribution in [2.75, 3.05) is 23.8 Å². The summed E-state index contributed by atoms with van der Waals surface area (Å²) >= 11 is 3.54. The molecular formula is C15H16BrN5. The van der Waals surface area contributed by atoms with Gasteiger partial charge in [0, 0.05) is 13.6 Å². The molecule has 1 aromatic carbocycles. The van der Waals surface area contributed by atoms with Gasteiger partial charge in [0.2, 0.25) is 0 Å². The van der Waals surface area contributed by atoms with E-state index >= 15 is 0 Å². The van der Waals surface area contributed by atoms with Crippen molar-refractivity contribution in [2.45, 2.75) is 13.3 Å². The average Bonchev–Trinajstić information content (AvgIpc) is 2.53. The zero-order valence-electron chi connectivity index (χ0n) is 12.0. The van der Waals surface area contributed by atoms with Gasteiger partial charge in [-0.05, 0) is 34.5 Å². The Morgan fingerprint density at radius 1 is 1.33 bits per heavy atom. The van der Waals surface area contributed by atoms with Crippen LogP contribution in [0.15, 0.2) is 35.1 Å². The lowest BCUT2D eigenvalue weighted by molar-refractivity contribution is 0.958. The third-order valence-corrected chi connectivity index (χ3v) is 3.75. The highest BCUT2D eigenvalue weighted by Gasteiger charge is 2.15. The number of para-hydroxylation sites is 1. The molecule has 0 aliphatic carbocycles. The molecule has 2 aromatic rings. The molecular weight excluding hydrogens is 330 g/mol. The van der Waals surface area contributed by atoms with Crippen LogP contribution in [0.1, 0.15) is 18.9 Å². The fraction of sp³-hybridized carbons (Fsp3) is 0.267. The lowest BCUT2D eigenvalue weighted by Gasteiger charge is -2.21. The maximum absolute atomic E-state index is 9.22. The smallest absolute Gasteiger partial charge is 0.152 e. The summed E-state index contributed by atoms with van der Waals surface area (Å²) in [5.41, 5.74) is 1.41. The molecule has 0 atom stereocenters. The number of nitrogens with zero attached hydrogens (tertiary/aromatic N) is 4. The number of nitrogens with one attached hydrogen (secondary N) is 1. The van der Waals surface area contributed by atoms with Crippen LogP contribution in [0.5, 0.6) is 0 Å². The van der Waals surface area contributed by atoms with Crippen LogP contribution in [-0.2, 0) is 0 Å². The zero-order chi connectivity index (χ0) is 15.2. The molecule has 108 valence electrons. The normalized spacial score (nSPS) is 10.0. The number of rotatable bonds is 5. The largest absolute Gasteiger partial charge is 0.369 e. The van der Waals surface area contributed by atoms with Crippen LogP contribution in [0, 0.1) is 11.3 Å². The van der Waals surface area contributed by atoms with Gasteiger partial charge in [-0.15, -0.1) is 0 Å². The molecule has 1 aromatic heterocycles. The molecule has 1 heterocycles. The number of hydrogen-bond acceptors (Lipinski definition) is 5. The Hall–Kier alpha value is -2.13. The van der Waals surface area contributed by atoms with Crippen LogP contribution >= 0.6 is 15.9 Å². The first-order valence-electron chi connectivity index (χ1n) is 6.66. The summed E-state index contributed by atoms with van der Waals surface area (Å²) < 4.78 is 0.786. The van der Waals surface area contributed by atoms with Crippen molar-refractivity contribution >= 4 is 33.3 Å². The van der Waals surface area contributed by atoms with Crippen molar-refractivity contribution in [1.82, 2.24) is 9.97 Å². The van der Waals surface area contributed by atoms with E-state index in [0.717, 1.165) is 28.9 Å². The van der Waals surface area contributed by atoms with E-state index in [4.69, 9.17) is 0 Å². The van der Waals surface area contributed by atoms with E-state index in [1.807, 2.05) is 30.1 Å². The van der Waals surface area contributed by atoms with Gasteiger partial charge in [0.05, 0.1) is 11.3 Å². The zero-order valence-corrected chi connectivity index (χ0v) is 13.6. The predicted molar refractivity (Wildman–Crippen MR) is 87.7 cm³/mol. The van der Waals surface area contributed by atoms with Gasteiger partial charge in [-0.2, -0.15) is 5.26 Å². The fourth-order valence-electron chi connectivity index (χ4n) is 1.94. The Kier molecular flexibility index (Phi) is 5.12. The number of benzene rings is 1. The van der Waals surface area contributed by atoms with E-state index in [-0.39, 0.29) is 0 Å². The van der Waals surface area contributed by atoms with E-state index in [1.54, 1.807) is 6.07 Å². The van der Waals surface area contributed by atoms with Crippen molar-refractivity contribution in [2.24, 2.45) is 0 Å². The standard InChI is InChI=1S/C15H16BrN5/c1-3-8-18-14-13(16)15(20-10-19-14)21(2)12-7-5-4-6-11(12)9-17/h4-7,10H,3,8H2,1-2H3,(H,18,19,20). The van der Waals surface area contributed by atoms with Crippen LogP contribution in [0.3, 0.4) is 0 Å². The summed E-state index contributed by atoms with van der Waals surface area (Å²) in [5, 5.41) is 12.5. The molecule has 2 rings (SSSR count). The minimum Gasteiger partial charge on any atom is -0.369 e. The van der Waals surface area contributed by atoms with Gasteiger partial charge in [0.15, 0.2) is 5.82 Å². The highest BCUT2D eigenvalue weighted by Crippen LogP contribution is 2.33. The molecule has 0 unspecified atom stereocenters. The molecule has 0 saturated heterocycles. The summed E-state index contributed by atoms with van der Waals surface area (Å²) in [6, 6.07) is 9.63. The monoisotopic (exact) mass is 345 g/mol. The third kappa shape index (κ3) is 3.31. The summed E-state index contributed by atoms with van der Waals surface area (Å²) in [7, 11) is 1.88. The molecule has 1 N–H and O–H groups in total. The minimum absolute atomic E-state index is 0.605. The van der Waals surface area contributed by atoms with Crippen LogP contribution < -0.4 is 10.2 Å². The van der Waals surface area contributed by atoms with Crippen molar-refractivity contribution in [1.29, 1.82) is 5.26 Å². The molecule has 0 aliphatic heterocycles. The number of anilines is 3. The number of nitriles is 1. The van der Waals surface area contributed by atoms with Gasteiger partial charge in [-0.25, -0.2) is 9.97 Å². The van der Waals surface area contributed by atoms with Gasteiger partial charge in [0.25, 0.3) is 0 Å². The number of aromatic nitrogens is 2. The van der Waals surface area contributed by atoms with E-state index < -0.39 is 0 Å². The van der Waals surface area contributed by atoms with Gasteiger partial charge >= 0.3 is 0 Å². The summed E-state index contributed by atoms with van der Waals surface area (Å²) in [4.78, 5) is 10.4. The maximum atomic E-state index is 9.22. The van der Waals surface area contributed by atoms with Crippen molar-refractivity contribution in [3.63, 3.8) is 0 Å². The minimum atomic E-state index is 0.605. The fourth-order valence-corrected chi connectivity index (χ4v) is 2.55. The van der Waals surface area contributed by atoms with E-state index in [0.29, 0.717) is 11.4 Å². The first-order valence-corrected chi connectivity index (χ1v) is 7.45. The molecule has 5 nitrogen and oxygen atoms in total. The summed E-state index contributed by atoms with van der Waals surface area (Å²) in [5.74, 6) is 1.47. The Bertz CT molecular complexity index is 665. The first-order chi connectivity index (χ1) is 10.2. The van der Waals surface area contributed by atoms with Crippen molar-refractivity contribution in [3.8, 4) is 6.07 Å². The van der Waals surface area contributed by atoms with Crippen LogP contribution in [-0.4, -0.2) is 23.6 Å². The second-order valence-electron chi connectivity index (χ2n) is 4.47. The third-order valence-electron chi connectivity index (χ3n) is 3.02. The van der Waals surface area contributed by atoms with Gasteiger partial charge in [0.1, 0.15) is 22.7 Å². The van der Waals surface area contributed by atoms with Gasteiger partial charge in [-0.3, -0.25) is 0 Å². The second kappa shape index (κ2) is 7.04. The highest BCUT2D eigenvalue weighted by atomic mass is 79.9. The number of halogens is 1. The molecule has 6 heteroatoms. The van der Waals surface area contributed by atoms with E-state index in [9.17, 15) is 5.26 Å². The molecule has 0 fully saturated rings. The predicted octanol–water partition coefficient (Wildman–Crippen LogP) is 3.70. The van der Waals surface area contributed by atoms with Gasteiger partial charge < -0.3 is 10.2 Å². The summed E-state index contributed by atoms with van der Waals surface area (Å²) in [6.45, 7) is 2.94. The molecule has 0 aliphatic rings. The highest BCUT2D eigenvalue weighted by molar-refractivity contribution is 9.10. The molecule has 21 heavy (non-hydrogen) atoms. The van der Waals surface area contributed by atoms with Crippen LogP contribution in [0.4, 0.5) is 17.3 Å². The first kappa shape index (κ1) is 15.3. The van der Waals surface area contributed by atoms with Crippen LogP contribution in [0.25, 0.3) is 0 Å². The van der Waals surface area contributed by atoms with E-state index in [1.165, 1.54) is 6.33 Å². The molecule has 0 saturated carbocycles. The average molecular weight is 346 g/mol. The summed E-state index contributed by atoms with van der Waals surface area (Å²) in [6.07, 6.45) is 2.53. The second-order valence-corrected chi connectivity index (χ2v) is 5.27. The van der Waals surface area contributed by atoms with Gasteiger partial charge in [-0.1, -0.05) is 19.1 Å². The van der Waals surface area contributed by atoms with E-state index in [2.05, 4.69) is 44.2 Å². The van der Waals surface area contributed by atoms with Crippen LogP contribution in [0.2, 0.25) is 0 Å². The molecule has 0 spiro atoms. The quantitative estimate of drug-likeness (QED) is 0.894. The Morgan fingerprint density at radius 3 is 2.81 bits per heavy atom. The Morgan fingerprint density at radius 2 is 2.10 bits per heavy atom. The maximum Gasteiger partial charge on any atom is 0.152 e. The molecule has 0 radical (unpaired) electrons. The lowest BCUT2D eigenvalue weighted by atomic mass is 10.2. The Balaban J connectivity index is 2.40. The lowest BCUT2D eigenvalue weighted by Crippen LogP contribution is -2.15. The number of hydrogen-bond donors (Lipinski definition) is 1. The molecule has 0 bridgehead atoms. The SMILES string of the molecule is CCCNc1ncnc(N(C)c2ccccc2C#N)c1Br. The Labute approximate surface area is 132 Å².